The molecule has 8 heteroatoms. The van der Waals surface area contributed by atoms with Crippen molar-refractivity contribution < 1.29 is 18.0 Å². The van der Waals surface area contributed by atoms with Crippen molar-refractivity contribution in [1.29, 1.82) is 5.26 Å². The molecule has 1 saturated heterocycles. The van der Waals surface area contributed by atoms with E-state index in [4.69, 9.17) is 22.6 Å². The van der Waals surface area contributed by atoms with Crippen LogP contribution in [0.15, 0.2) is 18.2 Å². The Labute approximate surface area is 123 Å². The lowest BCUT2D eigenvalue weighted by Crippen LogP contribution is -2.37. The van der Waals surface area contributed by atoms with Crippen LogP contribution in [0, 0.1) is 23.2 Å². The summed E-state index contributed by atoms with van der Waals surface area (Å²) in [6.07, 6.45) is -4.53. The average Bonchev–Trinajstić information content (AvgIpc) is 2.83. The summed E-state index contributed by atoms with van der Waals surface area (Å²) in [6, 6.07) is 6.22. The predicted molar refractivity (Wildman–Crippen MR) is 70.6 cm³/mol. The quantitative estimate of drug-likeness (QED) is 0.910. The first kappa shape index (κ1) is 15.4. The Morgan fingerprint density at radius 3 is 2.57 bits per heavy atom. The third-order valence-electron chi connectivity index (χ3n) is 3.53. The molecule has 2 atom stereocenters. The van der Waals surface area contributed by atoms with Gasteiger partial charge in [0.1, 0.15) is 6.07 Å². The Balaban J connectivity index is 2.38. The van der Waals surface area contributed by atoms with Gasteiger partial charge in [0.15, 0.2) is 0 Å². The van der Waals surface area contributed by atoms with Crippen LogP contribution in [-0.2, 0) is 4.79 Å². The number of hydrogen-bond donors (Lipinski definition) is 1. The number of benzene rings is 1. The predicted octanol–water partition coefficient (Wildman–Crippen LogP) is 2.31. The third kappa shape index (κ3) is 3.05. The summed E-state index contributed by atoms with van der Waals surface area (Å²) in [5.74, 6) is -4.18. The number of primary amides is 1. The molecule has 2 N–H and O–H groups in total. The monoisotopic (exact) mass is 317 g/mol. The Hall–Kier alpha value is -1.94. The van der Waals surface area contributed by atoms with E-state index in [-0.39, 0.29) is 17.8 Å². The van der Waals surface area contributed by atoms with Crippen molar-refractivity contribution in [1.82, 2.24) is 0 Å². The highest BCUT2D eigenvalue weighted by Gasteiger charge is 2.52. The molecule has 0 spiro atoms. The van der Waals surface area contributed by atoms with E-state index in [1.54, 1.807) is 0 Å². The van der Waals surface area contributed by atoms with E-state index in [1.807, 2.05) is 6.07 Å². The second-order valence-electron chi connectivity index (χ2n) is 4.84. The first-order chi connectivity index (χ1) is 9.74. The molecule has 2 rings (SSSR count). The van der Waals surface area contributed by atoms with Crippen LogP contribution in [0.25, 0.3) is 0 Å². The van der Waals surface area contributed by atoms with Crippen molar-refractivity contribution in [2.75, 3.05) is 18.0 Å². The van der Waals surface area contributed by atoms with Gasteiger partial charge in [0, 0.05) is 18.1 Å². The topological polar surface area (TPSA) is 70.1 Å². The van der Waals surface area contributed by atoms with Gasteiger partial charge >= 0.3 is 6.18 Å². The lowest BCUT2D eigenvalue weighted by atomic mass is 9.95. The Bertz CT molecular complexity index is 612. The summed E-state index contributed by atoms with van der Waals surface area (Å²) in [5.41, 5.74) is 5.55. The number of nitriles is 1. The molecule has 112 valence electrons. The molecule has 0 aromatic heterocycles. The van der Waals surface area contributed by atoms with Gasteiger partial charge < -0.3 is 10.6 Å². The lowest BCUT2D eigenvalue weighted by molar-refractivity contribution is -0.181. The number of carbonyl (C=O) groups is 1. The van der Waals surface area contributed by atoms with Gasteiger partial charge in [0.05, 0.1) is 23.1 Å². The zero-order valence-electron chi connectivity index (χ0n) is 10.7. The number of rotatable bonds is 2. The second-order valence-corrected chi connectivity index (χ2v) is 5.27. The van der Waals surface area contributed by atoms with Gasteiger partial charge in [-0.3, -0.25) is 4.79 Å². The minimum absolute atomic E-state index is 0.186. The first-order valence-corrected chi connectivity index (χ1v) is 6.42. The summed E-state index contributed by atoms with van der Waals surface area (Å²) in [7, 11) is 0. The van der Waals surface area contributed by atoms with Crippen LogP contribution in [0.4, 0.5) is 18.9 Å². The lowest BCUT2D eigenvalue weighted by Gasteiger charge is -2.20. The van der Waals surface area contributed by atoms with Crippen molar-refractivity contribution in [3.8, 4) is 6.07 Å². The second kappa shape index (κ2) is 5.45. The number of halogens is 4. The molecular formula is C13H11ClF3N3O. The molecule has 1 aromatic rings. The zero-order chi connectivity index (χ0) is 15.8. The maximum atomic E-state index is 13.0. The molecule has 1 amide bonds. The Morgan fingerprint density at radius 1 is 1.43 bits per heavy atom. The standard InChI is InChI=1S/C13H11ClF3N3O/c14-8-2-1-7(4-18)11(3-8)20-5-9(12(19)21)10(6-20)13(15,16)17/h1-3,9-10H,5-6H2,(H2,19,21)/t9-,10-/m1/s1. The number of anilines is 1. The van der Waals surface area contributed by atoms with E-state index < -0.39 is 30.5 Å². The van der Waals surface area contributed by atoms with Crippen LogP contribution in [-0.4, -0.2) is 25.2 Å². The van der Waals surface area contributed by atoms with Gasteiger partial charge in [-0.2, -0.15) is 18.4 Å². The summed E-state index contributed by atoms with van der Waals surface area (Å²) >= 11 is 5.83. The highest BCUT2D eigenvalue weighted by Crippen LogP contribution is 2.40. The summed E-state index contributed by atoms with van der Waals surface area (Å²) in [4.78, 5) is 12.6. The van der Waals surface area contributed by atoms with Crippen molar-refractivity contribution in [3.63, 3.8) is 0 Å². The fraction of sp³-hybridized carbons (Fsp3) is 0.385. The highest BCUT2D eigenvalue weighted by atomic mass is 35.5. The van der Waals surface area contributed by atoms with Gasteiger partial charge in [-0.15, -0.1) is 0 Å². The van der Waals surface area contributed by atoms with Crippen molar-refractivity contribution in [2.24, 2.45) is 17.6 Å². The maximum Gasteiger partial charge on any atom is 0.394 e. The molecule has 1 aliphatic heterocycles. The van der Waals surface area contributed by atoms with E-state index in [9.17, 15) is 18.0 Å². The smallest absolute Gasteiger partial charge is 0.369 e. The van der Waals surface area contributed by atoms with Gasteiger partial charge in [-0.1, -0.05) is 11.6 Å². The normalized spacial score (nSPS) is 22.1. The number of alkyl halides is 3. The van der Waals surface area contributed by atoms with Crippen molar-refractivity contribution in [2.45, 2.75) is 6.18 Å². The van der Waals surface area contributed by atoms with E-state index >= 15 is 0 Å². The SMILES string of the molecule is N#Cc1ccc(Cl)cc1N1C[C@@H](C(F)(F)F)[C@H](C(N)=O)C1. The zero-order valence-corrected chi connectivity index (χ0v) is 11.4. The van der Waals surface area contributed by atoms with Crippen LogP contribution < -0.4 is 10.6 Å². The minimum Gasteiger partial charge on any atom is -0.369 e. The Kier molecular flexibility index (Phi) is 4.01. The van der Waals surface area contributed by atoms with E-state index in [0.717, 1.165) is 0 Å². The van der Waals surface area contributed by atoms with E-state index in [0.29, 0.717) is 5.02 Å². The highest BCUT2D eigenvalue weighted by molar-refractivity contribution is 6.30. The molecule has 21 heavy (non-hydrogen) atoms. The van der Waals surface area contributed by atoms with Gasteiger partial charge in [0.25, 0.3) is 0 Å². The van der Waals surface area contributed by atoms with Gasteiger partial charge in [-0.25, -0.2) is 0 Å². The fourth-order valence-corrected chi connectivity index (χ4v) is 2.65. The van der Waals surface area contributed by atoms with Gasteiger partial charge in [-0.05, 0) is 18.2 Å². The van der Waals surface area contributed by atoms with Crippen molar-refractivity contribution in [3.05, 3.63) is 28.8 Å². The van der Waals surface area contributed by atoms with Gasteiger partial charge in [0.2, 0.25) is 5.91 Å². The minimum atomic E-state index is -4.53. The van der Waals surface area contributed by atoms with Crippen LogP contribution >= 0.6 is 11.6 Å². The van der Waals surface area contributed by atoms with Crippen LogP contribution in [0.2, 0.25) is 5.02 Å². The van der Waals surface area contributed by atoms with Crippen LogP contribution in [0.1, 0.15) is 5.56 Å². The van der Waals surface area contributed by atoms with Crippen LogP contribution in [0.5, 0.6) is 0 Å². The largest absolute Gasteiger partial charge is 0.394 e. The number of amides is 1. The molecular weight excluding hydrogens is 307 g/mol. The molecule has 0 radical (unpaired) electrons. The van der Waals surface area contributed by atoms with Crippen LogP contribution in [0.3, 0.4) is 0 Å². The number of hydrogen-bond acceptors (Lipinski definition) is 3. The molecule has 0 saturated carbocycles. The third-order valence-corrected chi connectivity index (χ3v) is 3.76. The summed E-state index contributed by atoms with van der Waals surface area (Å²) in [5, 5.41) is 9.34. The average molecular weight is 318 g/mol. The van der Waals surface area contributed by atoms with E-state index in [1.165, 1.54) is 23.1 Å². The number of carbonyl (C=O) groups excluding carboxylic acids is 1. The number of nitrogens with two attached hydrogens (primary N) is 1. The fourth-order valence-electron chi connectivity index (χ4n) is 2.48. The molecule has 0 bridgehead atoms. The van der Waals surface area contributed by atoms with E-state index in [2.05, 4.69) is 0 Å². The molecule has 4 nitrogen and oxygen atoms in total. The van der Waals surface area contributed by atoms with Crippen molar-refractivity contribution >= 4 is 23.2 Å². The first-order valence-electron chi connectivity index (χ1n) is 6.04. The maximum absolute atomic E-state index is 13.0. The molecule has 1 heterocycles. The Morgan fingerprint density at radius 2 is 2.10 bits per heavy atom. The summed E-state index contributed by atoms with van der Waals surface area (Å²) < 4.78 is 39.0. The summed E-state index contributed by atoms with van der Waals surface area (Å²) in [6.45, 7) is -0.610. The molecule has 1 aromatic carbocycles. The molecule has 1 fully saturated rings. The number of nitrogens with zero attached hydrogens (tertiary/aromatic N) is 2. The molecule has 0 aliphatic carbocycles. The molecule has 0 unspecified atom stereocenters. The molecule has 1 aliphatic rings.